The van der Waals surface area contributed by atoms with Crippen LogP contribution in [0.2, 0.25) is 0 Å². The van der Waals surface area contributed by atoms with Crippen molar-refractivity contribution in [1.29, 1.82) is 0 Å². The number of nitrogens with one attached hydrogen (secondary N) is 1. The maximum absolute atomic E-state index is 14.4. The standard InChI is InChI=1S/C21H20BrFN4O3/c22-15-2-1-3-16(20(15)23)26-21-14-8-19-18(9-17(14)24-12-25-21)29-11-13(30-19)10-27-4-6-28-7-5-27/h1-3,8-9,12-13H,4-7,10-11H2,(H,24,25,26)/t13-/m1/s1. The van der Waals surface area contributed by atoms with Gasteiger partial charge in [0.2, 0.25) is 0 Å². The molecule has 7 nitrogen and oxygen atoms in total. The zero-order valence-electron chi connectivity index (χ0n) is 16.1. The molecule has 1 saturated heterocycles. The molecule has 156 valence electrons. The Hall–Kier alpha value is -2.49. The van der Waals surface area contributed by atoms with Crippen molar-refractivity contribution in [2.24, 2.45) is 0 Å². The largest absolute Gasteiger partial charge is 0.486 e. The predicted molar refractivity (Wildman–Crippen MR) is 114 cm³/mol. The first kappa shape index (κ1) is 19.5. The van der Waals surface area contributed by atoms with Crippen LogP contribution in [0.1, 0.15) is 0 Å². The molecule has 1 atom stereocenters. The molecule has 0 amide bonds. The third-order valence-corrected chi connectivity index (χ3v) is 5.80. The molecule has 2 aromatic carbocycles. The molecule has 1 N–H and O–H groups in total. The number of fused-ring (bicyclic) bond motifs is 2. The molecule has 0 bridgehead atoms. The van der Waals surface area contributed by atoms with Crippen LogP contribution in [0.4, 0.5) is 15.9 Å². The zero-order valence-corrected chi connectivity index (χ0v) is 17.7. The van der Waals surface area contributed by atoms with Crippen LogP contribution >= 0.6 is 15.9 Å². The number of halogens is 2. The molecule has 0 aliphatic carbocycles. The summed E-state index contributed by atoms with van der Waals surface area (Å²) in [5.41, 5.74) is 1.02. The predicted octanol–water partition coefficient (Wildman–Crippen LogP) is 3.75. The molecule has 2 aliphatic rings. The number of rotatable bonds is 4. The van der Waals surface area contributed by atoms with Gasteiger partial charge in [-0.3, -0.25) is 4.90 Å². The van der Waals surface area contributed by atoms with Crippen LogP contribution in [0.25, 0.3) is 10.9 Å². The first-order valence-corrected chi connectivity index (χ1v) is 10.6. The number of nitrogens with zero attached hydrogens (tertiary/aromatic N) is 3. The van der Waals surface area contributed by atoms with Crippen LogP contribution in [0.3, 0.4) is 0 Å². The highest BCUT2D eigenvalue weighted by molar-refractivity contribution is 9.10. The fourth-order valence-corrected chi connectivity index (χ4v) is 4.02. The lowest BCUT2D eigenvalue weighted by Gasteiger charge is -2.33. The summed E-state index contributed by atoms with van der Waals surface area (Å²) < 4.78 is 32.4. The molecule has 0 radical (unpaired) electrons. The Bertz CT molecular complexity index is 1080. The molecule has 0 spiro atoms. The van der Waals surface area contributed by atoms with E-state index in [2.05, 4.69) is 36.1 Å². The Morgan fingerprint density at radius 2 is 2.03 bits per heavy atom. The number of ether oxygens (including phenoxy) is 3. The average molecular weight is 475 g/mol. The van der Waals surface area contributed by atoms with Gasteiger partial charge in [-0.25, -0.2) is 14.4 Å². The van der Waals surface area contributed by atoms with Gasteiger partial charge in [0, 0.05) is 31.1 Å². The lowest BCUT2D eigenvalue weighted by Crippen LogP contribution is -2.45. The first-order chi connectivity index (χ1) is 14.7. The summed E-state index contributed by atoms with van der Waals surface area (Å²) >= 11 is 3.21. The van der Waals surface area contributed by atoms with Crippen molar-refractivity contribution in [1.82, 2.24) is 14.9 Å². The molecule has 9 heteroatoms. The Morgan fingerprint density at radius 3 is 2.90 bits per heavy atom. The minimum Gasteiger partial charge on any atom is -0.486 e. The second kappa shape index (κ2) is 8.33. The normalized spacial score (nSPS) is 19.1. The lowest BCUT2D eigenvalue weighted by molar-refractivity contribution is 0.00322. The zero-order chi connectivity index (χ0) is 20.5. The van der Waals surface area contributed by atoms with E-state index in [1.165, 1.54) is 6.33 Å². The van der Waals surface area contributed by atoms with Crippen molar-refractivity contribution < 1.29 is 18.6 Å². The topological polar surface area (TPSA) is 68.7 Å². The maximum atomic E-state index is 14.4. The van der Waals surface area contributed by atoms with Crippen molar-refractivity contribution in [3.05, 3.63) is 46.9 Å². The van der Waals surface area contributed by atoms with E-state index in [1.807, 2.05) is 12.1 Å². The monoisotopic (exact) mass is 474 g/mol. The molecule has 30 heavy (non-hydrogen) atoms. The molecule has 3 aromatic rings. The van der Waals surface area contributed by atoms with E-state index in [0.29, 0.717) is 39.6 Å². The second-order valence-electron chi connectivity index (χ2n) is 7.23. The van der Waals surface area contributed by atoms with Crippen LogP contribution in [0.5, 0.6) is 11.5 Å². The van der Waals surface area contributed by atoms with E-state index >= 15 is 0 Å². The van der Waals surface area contributed by atoms with Crippen LogP contribution in [-0.4, -0.2) is 60.4 Å². The quantitative estimate of drug-likeness (QED) is 0.617. The SMILES string of the molecule is Fc1c(Br)cccc1Nc1ncnc2cc3c(cc12)O[C@H](CN1CCOCC1)CO3. The third kappa shape index (κ3) is 3.92. The average Bonchev–Trinajstić information content (AvgIpc) is 2.76. The molecular formula is C21H20BrFN4O3. The van der Waals surface area contributed by atoms with Gasteiger partial charge < -0.3 is 19.5 Å². The smallest absolute Gasteiger partial charge is 0.163 e. The van der Waals surface area contributed by atoms with Crippen molar-refractivity contribution >= 4 is 38.3 Å². The molecule has 3 heterocycles. The second-order valence-corrected chi connectivity index (χ2v) is 8.08. The lowest BCUT2D eigenvalue weighted by atomic mass is 10.1. The Kier molecular flexibility index (Phi) is 5.41. The number of anilines is 2. The van der Waals surface area contributed by atoms with E-state index < -0.39 is 0 Å². The van der Waals surface area contributed by atoms with E-state index in [0.717, 1.165) is 38.2 Å². The summed E-state index contributed by atoms with van der Waals surface area (Å²) in [6.07, 6.45) is 1.37. The van der Waals surface area contributed by atoms with Crippen LogP contribution < -0.4 is 14.8 Å². The fourth-order valence-electron chi connectivity index (χ4n) is 3.65. The Balaban J connectivity index is 1.42. The number of hydrogen-bond acceptors (Lipinski definition) is 7. The number of morpholine rings is 1. The Labute approximate surface area is 181 Å². The molecule has 2 aliphatic heterocycles. The van der Waals surface area contributed by atoms with E-state index in [-0.39, 0.29) is 11.9 Å². The summed E-state index contributed by atoms with van der Waals surface area (Å²) in [7, 11) is 0. The van der Waals surface area contributed by atoms with Gasteiger partial charge in [0.05, 0.1) is 28.9 Å². The summed E-state index contributed by atoms with van der Waals surface area (Å²) in [6.45, 7) is 4.53. The van der Waals surface area contributed by atoms with Crippen molar-refractivity contribution in [2.75, 3.05) is 44.8 Å². The number of benzene rings is 2. The number of aromatic nitrogens is 2. The van der Waals surface area contributed by atoms with E-state index in [1.54, 1.807) is 18.2 Å². The van der Waals surface area contributed by atoms with Gasteiger partial charge in [0.25, 0.3) is 0 Å². The molecular weight excluding hydrogens is 455 g/mol. The van der Waals surface area contributed by atoms with Gasteiger partial charge in [0.15, 0.2) is 17.3 Å². The molecule has 0 unspecified atom stereocenters. The first-order valence-electron chi connectivity index (χ1n) is 9.77. The highest BCUT2D eigenvalue weighted by Gasteiger charge is 2.25. The highest BCUT2D eigenvalue weighted by atomic mass is 79.9. The summed E-state index contributed by atoms with van der Waals surface area (Å²) in [6, 6.07) is 8.75. The van der Waals surface area contributed by atoms with Crippen LogP contribution in [-0.2, 0) is 4.74 Å². The highest BCUT2D eigenvalue weighted by Crippen LogP contribution is 2.38. The third-order valence-electron chi connectivity index (χ3n) is 5.19. The number of hydrogen-bond donors (Lipinski definition) is 1. The van der Waals surface area contributed by atoms with Gasteiger partial charge >= 0.3 is 0 Å². The van der Waals surface area contributed by atoms with Gasteiger partial charge in [-0.15, -0.1) is 0 Å². The van der Waals surface area contributed by atoms with Crippen LogP contribution in [0.15, 0.2) is 41.1 Å². The van der Waals surface area contributed by atoms with E-state index in [9.17, 15) is 4.39 Å². The summed E-state index contributed by atoms with van der Waals surface area (Å²) in [4.78, 5) is 11.0. The minimum absolute atomic E-state index is 0.0726. The van der Waals surface area contributed by atoms with Crippen molar-refractivity contribution in [2.45, 2.75) is 6.10 Å². The van der Waals surface area contributed by atoms with Crippen molar-refractivity contribution in [3.63, 3.8) is 0 Å². The van der Waals surface area contributed by atoms with Gasteiger partial charge in [-0.05, 0) is 34.1 Å². The summed E-state index contributed by atoms with van der Waals surface area (Å²) in [5.74, 6) is 1.41. The maximum Gasteiger partial charge on any atom is 0.163 e. The van der Waals surface area contributed by atoms with E-state index in [4.69, 9.17) is 14.2 Å². The fraction of sp³-hybridized carbons (Fsp3) is 0.333. The molecule has 0 saturated carbocycles. The Morgan fingerprint density at radius 1 is 1.17 bits per heavy atom. The molecule has 1 fully saturated rings. The van der Waals surface area contributed by atoms with Crippen LogP contribution in [0, 0.1) is 5.82 Å². The van der Waals surface area contributed by atoms with Gasteiger partial charge in [0.1, 0.15) is 24.9 Å². The van der Waals surface area contributed by atoms with Gasteiger partial charge in [-0.2, -0.15) is 0 Å². The van der Waals surface area contributed by atoms with Crippen molar-refractivity contribution in [3.8, 4) is 11.5 Å². The molecule has 1 aromatic heterocycles. The van der Waals surface area contributed by atoms with Gasteiger partial charge in [-0.1, -0.05) is 6.07 Å². The summed E-state index contributed by atoms with van der Waals surface area (Å²) in [5, 5.41) is 3.79. The minimum atomic E-state index is -0.382. The molecule has 5 rings (SSSR count).